The molecule has 0 aromatic heterocycles. The van der Waals surface area contributed by atoms with Gasteiger partial charge in [0.25, 0.3) is 5.91 Å². The van der Waals surface area contributed by atoms with Crippen molar-refractivity contribution in [2.45, 2.75) is 51.8 Å². The van der Waals surface area contributed by atoms with Crippen molar-refractivity contribution < 1.29 is 28.7 Å². The lowest BCUT2D eigenvalue weighted by molar-refractivity contribution is -0.123. The van der Waals surface area contributed by atoms with Crippen molar-refractivity contribution in [1.82, 2.24) is 10.6 Å². The molecular formula is C33H39N5O6. The van der Waals surface area contributed by atoms with Gasteiger partial charge in [0.15, 0.2) is 5.75 Å². The van der Waals surface area contributed by atoms with Crippen LogP contribution in [-0.4, -0.2) is 55.9 Å². The molecular weight excluding hydrogens is 562 g/mol. The molecule has 0 saturated heterocycles. The summed E-state index contributed by atoms with van der Waals surface area (Å²) < 4.78 is 11.8. The molecule has 4 N–H and O–H groups in total. The van der Waals surface area contributed by atoms with E-state index < -0.39 is 29.3 Å². The van der Waals surface area contributed by atoms with Crippen LogP contribution in [0.4, 0.5) is 17.1 Å². The first-order chi connectivity index (χ1) is 20.9. The number of amides is 4. The first kappa shape index (κ1) is 32.0. The van der Waals surface area contributed by atoms with Gasteiger partial charge in [0.05, 0.1) is 23.5 Å². The molecule has 0 spiro atoms. The smallest absolute Gasteiger partial charge is 0.254 e. The molecule has 232 valence electrons. The van der Waals surface area contributed by atoms with Gasteiger partial charge in [-0.2, -0.15) is 0 Å². The zero-order valence-electron chi connectivity index (χ0n) is 25.7. The van der Waals surface area contributed by atoms with Gasteiger partial charge >= 0.3 is 0 Å². The van der Waals surface area contributed by atoms with E-state index in [9.17, 15) is 19.2 Å². The lowest BCUT2D eigenvalue weighted by atomic mass is 10.1. The number of ether oxygens (including phenoxy) is 2. The molecule has 0 bridgehead atoms. The standard InChI is InChI=1S/C33H39N5O6/c1-33(2,3)37-29(39)15-14-25-32(42)36-26-18-27(34-30(40)20-43-19-21-10-7-6-8-11-21)28(17-24(26)31(41)35-25)44-23-13-9-12-22(16-23)38(4)5/h6-13,16-18,25H,14-15,19-20H2,1-5H3,(H,34,40)(H,35,41)(H,36,42)(H,37,39)/t25-/m1/s1. The molecule has 3 aromatic rings. The molecule has 1 atom stereocenters. The third kappa shape index (κ3) is 9.05. The second-order valence-corrected chi connectivity index (χ2v) is 11.8. The van der Waals surface area contributed by atoms with Crippen molar-refractivity contribution in [1.29, 1.82) is 0 Å². The van der Waals surface area contributed by atoms with Crippen molar-refractivity contribution >= 4 is 40.7 Å². The van der Waals surface area contributed by atoms with E-state index >= 15 is 0 Å². The number of hydrogen-bond donors (Lipinski definition) is 4. The van der Waals surface area contributed by atoms with Crippen LogP contribution in [0.15, 0.2) is 66.7 Å². The van der Waals surface area contributed by atoms with Gasteiger partial charge in [-0.25, -0.2) is 0 Å². The number of benzene rings is 3. The molecule has 44 heavy (non-hydrogen) atoms. The topological polar surface area (TPSA) is 138 Å². The Morgan fingerprint density at radius 2 is 1.70 bits per heavy atom. The van der Waals surface area contributed by atoms with Crippen LogP contribution < -0.4 is 30.9 Å². The lowest BCUT2D eigenvalue weighted by Gasteiger charge is -2.21. The molecule has 0 fully saturated rings. The Morgan fingerprint density at radius 1 is 0.955 bits per heavy atom. The van der Waals surface area contributed by atoms with Gasteiger partial charge in [0.2, 0.25) is 17.7 Å². The normalized spacial score (nSPS) is 14.4. The van der Waals surface area contributed by atoms with E-state index in [0.29, 0.717) is 5.75 Å². The van der Waals surface area contributed by atoms with E-state index in [4.69, 9.17) is 9.47 Å². The minimum atomic E-state index is -0.939. The molecule has 1 aliphatic rings. The maximum Gasteiger partial charge on any atom is 0.254 e. The third-order valence-corrected chi connectivity index (χ3v) is 6.60. The molecule has 0 aliphatic carbocycles. The quantitative estimate of drug-likeness (QED) is 0.255. The van der Waals surface area contributed by atoms with E-state index in [1.165, 1.54) is 12.1 Å². The Hall–Kier alpha value is -4.90. The van der Waals surface area contributed by atoms with E-state index in [1.54, 1.807) is 6.07 Å². The minimum absolute atomic E-state index is 0.0485. The van der Waals surface area contributed by atoms with Crippen molar-refractivity contribution in [2.75, 3.05) is 36.2 Å². The van der Waals surface area contributed by atoms with Crippen LogP contribution in [0.25, 0.3) is 0 Å². The van der Waals surface area contributed by atoms with Crippen LogP contribution in [0, 0.1) is 0 Å². The molecule has 3 aromatic carbocycles. The van der Waals surface area contributed by atoms with Gasteiger partial charge < -0.3 is 35.6 Å². The highest BCUT2D eigenvalue weighted by Gasteiger charge is 2.30. The summed E-state index contributed by atoms with van der Waals surface area (Å²) in [6.07, 6.45) is 0.156. The van der Waals surface area contributed by atoms with E-state index in [0.717, 1.165) is 11.3 Å². The predicted molar refractivity (Wildman–Crippen MR) is 169 cm³/mol. The maximum atomic E-state index is 13.3. The summed E-state index contributed by atoms with van der Waals surface area (Å²) in [4.78, 5) is 53.6. The van der Waals surface area contributed by atoms with Crippen molar-refractivity contribution in [3.63, 3.8) is 0 Å². The van der Waals surface area contributed by atoms with Gasteiger partial charge in [0.1, 0.15) is 18.4 Å². The fourth-order valence-corrected chi connectivity index (χ4v) is 4.51. The van der Waals surface area contributed by atoms with Crippen LogP contribution >= 0.6 is 0 Å². The number of carbonyl (C=O) groups excluding carboxylic acids is 4. The molecule has 4 rings (SSSR count). The molecule has 0 saturated carbocycles. The Balaban J connectivity index is 1.56. The highest BCUT2D eigenvalue weighted by molar-refractivity contribution is 6.11. The molecule has 0 radical (unpaired) electrons. The van der Waals surface area contributed by atoms with Crippen LogP contribution in [0.3, 0.4) is 0 Å². The maximum absolute atomic E-state index is 13.3. The van der Waals surface area contributed by atoms with E-state index in [1.807, 2.05) is 88.3 Å². The van der Waals surface area contributed by atoms with Gasteiger partial charge in [0, 0.05) is 37.8 Å². The summed E-state index contributed by atoms with van der Waals surface area (Å²) in [5.41, 5.74) is 1.98. The Morgan fingerprint density at radius 3 is 2.41 bits per heavy atom. The number of rotatable bonds is 11. The first-order valence-corrected chi connectivity index (χ1v) is 14.4. The van der Waals surface area contributed by atoms with Crippen LogP contribution in [-0.2, 0) is 25.7 Å². The van der Waals surface area contributed by atoms with Crippen molar-refractivity contribution in [3.8, 4) is 11.5 Å². The summed E-state index contributed by atoms with van der Waals surface area (Å²) in [6, 6.07) is 18.8. The first-order valence-electron chi connectivity index (χ1n) is 14.4. The highest BCUT2D eigenvalue weighted by Crippen LogP contribution is 2.37. The summed E-state index contributed by atoms with van der Waals surface area (Å²) in [6.45, 7) is 5.62. The molecule has 4 amide bonds. The summed E-state index contributed by atoms with van der Waals surface area (Å²) in [7, 11) is 3.80. The zero-order chi connectivity index (χ0) is 31.9. The number of nitrogens with zero attached hydrogens (tertiary/aromatic N) is 1. The lowest BCUT2D eigenvalue weighted by Crippen LogP contribution is -2.44. The van der Waals surface area contributed by atoms with E-state index in [-0.39, 0.29) is 54.7 Å². The summed E-state index contributed by atoms with van der Waals surface area (Å²) in [5, 5.41) is 11.1. The Kier molecular flexibility index (Phi) is 10.2. The average Bonchev–Trinajstić information content (AvgIpc) is 3.07. The molecule has 1 heterocycles. The number of carbonyl (C=O) groups is 4. The van der Waals surface area contributed by atoms with Gasteiger partial charge in [-0.15, -0.1) is 0 Å². The van der Waals surface area contributed by atoms with Crippen LogP contribution in [0.5, 0.6) is 11.5 Å². The third-order valence-electron chi connectivity index (χ3n) is 6.60. The second-order valence-electron chi connectivity index (χ2n) is 11.8. The predicted octanol–water partition coefficient (Wildman–Crippen LogP) is 4.45. The Bertz CT molecular complexity index is 1520. The van der Waals surface area contributed by atoms with Crippen LogP contribution in [0.1, 0.15) is 49.5 Å². The largest absolute Gasteiger partial charge is 0.455 e. The van der Waals surface area contributed by atoms with Gasteiger partial charge in [-0.1, -0.05) is 36.4 Å². The second kappa shape index (κ2) is 14.0. The number of nitrogens with one attached hydrogen (secondary N) is 4. The van der Waals surface area contributed by atoms with Gasteiger partial charge in [-0.05, 0) is 57.0 Å². The van der Waals surface area contributed by atoms with Crippen LogP contribution in [0.2, 0.25) is 0 Å². The minimum Gasteiger partial charge on any atom is -0.455 e. The Labute approximate surface area is 257 Å². The monoisotopic (exact) mass is 601 g/mol. The molecule has 11 heteroatoms. The summed E-state index contributed by atoms with van der Waals surface area (Å²) >= 11 is 0. The van der Waals surface area contributed by atoms with Crippen molar-refractivity contribution in [3.05, 3.63) is 77.9 Å². The molecule has 1 aliphatic heterocycles. The number of hydrogen-bond acceptors (Lipinski definition) is 7. The zero-order valence-corrected chi connectivity index (χ0v) is 25.7. The summed E-state index contributed by atoms with van der Waals surface area (Å²) in [5.74, 6) is -0.986. The SMILES string of the molecule is CN(C)c1cccc(Oc2cc3c(cc2NC(=O)COCc2ccccc2)NC(=O)[C@@H](CCC(=O)NC(C)(C)C)NC3=O)c1. The fraction of sp³-hybridized carbons (Fsp3) is 0.333. The highest BCUT2D eigenvalue weighted by atomic mass is 16.5. The number of fused-ring (bicyclic) bond motifs is 1. The molecule has 11 nitrogen and oxygen atoms in total. The van der Waals surface area contributed by atoms with E-state index in [2.05, 4.69) is 21.3 Å². The number of anilines is 3. The van der Waals surface area contributed by atoms with Crippen molar-refractivity contribution in [2.24, 2.45) is 0 Å². The average molecular weight is 602 g/mol. The fourth-order valence-electron chi connectivity index (χ4n) is 4.51. The van der Waals surface area contributed by atoms with Gasteiger partial charge in [-0.3, -0.25) is 19.2 Å². The molecule has 0 unspecified atom stereocenters.